The van der Waals surface area contributed by atoms with Crippen LogP contribution in [0.5, 0.6) is 5.75 Å². The molecule has 0 radical (unpaired) electrons. The van der Waals surface area contributed by atoms with E-state index in [4.69, 9.17) is 9.47 Å². The molecule has 0 aromatic heterocycles. The average Bonchev–Trinajstić information content (AvgIpc) is 2.37. The highest BCUT2D eigenvalue weighted by atomic mass is 32.2. The molecule has 5 nitrogen and oxygen atoms in total. The molecule has 0 atom stereocenters. The number of rotatable bonds is 8. The van der Waals surface area contributed by atoms with Crippen LogP contribution in [0.1, 0.15) is 20.3 Å². The van der Waals surface area contributed by atoms with Crippen molar-refractivity contribution < 1.29 is 22.3 Å². The highest BCUT2D eigenvalue weighted by Gasteiger charge is 2.15. The first kappa shape index (κ1) is 16.9. The minimum atomic E-state index is -3.71. The van der Waals surface area contributed by atoms with E-state index in [9.17, 15) is 12.8 Å². The van der Waals surface area contributed by atoms with Gasteiger partial charge in [0.05, 0.1) is 18.1 Å². The third kappa shape index (κ3) is 5.07. The number of halogens is 1. The summed E-state index contributed by atoms with van der Waals surface area (Å²) in [6.07, 6.45) is 0.665. The van der Waals surface area contributed by atoms with Crippen molar-refractivity contribution in [1.82, 2.24) is 4.72 Å². The van der Waals surface area contributed by atoms with E-state index >= 15 is 0 Å². The lowest BCUT2D eigenvalue weighted by Crippen LogP contribution is -2.26. The molecular weight excluding hydrogens is 285 g/mol. The van der Waals surface area contributed by atoms with E-state index in [2.05, 4.69) is 4.72 Å². The number of ether oxygens (including phenoxy) is 2. The van der Waals surface area contributed by atoms with Gasteiger partial charge < -0.3 is 9.47 Å². The predicted octanol–water partition coefficient (Wildman–Crippen LogP) is 1.93. The largest absolute Gasteiger partial charge is 0.494 e. The fraction of sp³-hybridized carbons (Fsp3) is 0.538. The van der Waals surface area contributed by atoms with Crippen molar-refractivity contribution in [1.29, 1.82) is 0 Å². The molecule has 114 valence electrons. The van der Waals surface area contributed by atoms with E-state index in [1.54, 1.807) is 0 Å². The summed E-state index contributed by atoms with van der Waals surface area (Å²) in [5, 5.41) is 0. The number of benzene rings is 1. The Morgan fingerprint density at radius 2 is 2.05 bits per heavy atom. The molecule has 0 saturated carbocycles. The molecule has 0 heterocycles. The van der Waals surface area contributed by atoms with Crippen LogP contribution in [0.3, 0.4) is 0 Å². The molecule has 0 aliphatic heterocycles. The quantitative estimate of drug-likeness (QED) is 0.745. The molecule has 0 aliphatic carbocycles. The zero-order valence-electron chi connectivity index (χ0n) is 11.8. The monoisotopic (exact) mass is 305 g/mol. The van der Waals surface area contributed by atoms with Crippen molar-refractivity contribution in [3.63, 3.8) is 0 Å². The summed E-state index contributed by atoms with van der Waals surface area (Å²) in [5.41, 5.74) is 0. The molecule has 1 N–H and O–H groups in total. The van der Waals surface area contributed by atoms with E-state index in [0.717, 1.165) is 6.07 Å². The molecule has 0 amide bonds. The third-order valence-electron chi connectivity index (χ3n) is 2.50. The second-order valence-corrected chi connectivity index (χ2v) is 6.23. The molecule has 1 aromatic rings. The molecule has 0 fully saturated rings. The van der Waals surface area contributed by atoms with Gasteiger partial charge in [0.1, 0.15) is 0 Å². The Bertz CT molecular complexity index is 531. The van der Waals surface area contributed by atoms with Crippen molar-refractivity contribution in [2.24, 2.45) is 0 Å². The maximum absolute atomic E-state index is 13.5. The maximum Gasteiger partial charge on any atom is 0.240 e. The summed E-state index contributed by atoms with van der Waals surface area (Å²) in [6, 6.07) is 3.52. The van der Waals surface area contributed by atoms with Gasteiger partial charge in [-0.1, -0.05) is 0 Å². The minimum absolute atomic E-state index is 0.00860. The van der Waals surface area contributed by atoms with Gasteiger partial charge in [-0.15, -0.1) is 0 Å². The van der Waals surface area contributed by atoms with Crippen LogP contribution in [0.2, 0.25) is 0 Å². The smallest absolute Gasteiger partial charge is 0.240 e. The maximum atomic E-state index is 13.5. The Morgan fingerprint density at radius 1 is 1.35 bits per heavy atom. The molecule has 7 heteroatoms. The van der Waals surface area contributed by atoms with Gasteiger partial charge in [-0.3, -0.25) is 0 Å². The Labute approximate surface area is 119 Å². The summed E-state index contributed by atoms with van der Waals surface area (Å²) >= 11 is 0. The molecule has 1 aromatic carbocycles. The number of hydrogen-bond acceptors (Lipinski definition) is 4. The van der Waals surface area contributed by atoms with Gasteiger partial charge in [0.15, 0.2) is 11.6 Å². The molecule has 0 spiro atoms. The molecule has 0 saturated heterocycles. The van der Waals surface area contributed by atoms with Gasteiger partial charge in [-0.05, 0) is 38.5 Å². The summed E-state index contributed by atoms with van der Waals surface area (Å²) in [4.78, 5) is -0.124. The average molecular weight is 305 g/mol. The van der Waals surface area contributed by atoms with Crippen LogP contribution in [0.25, 0.3) is 0 Å². The van der Waals surface area contributed by atoms with E-state index in [1.807, 2.05) is 13.8 Å². The second kappa shape index (κ2) is 7.56. The number of sulfonamides is 1. The first-order valence-electron chi connectivity index (χ1n) is 6.31. The lowest BCUT2D eigenvalue weighted by atomic mass is 10.3. The van der Waals surface area contributed by atoms with Crippen LogP contribution in [0.4, 0.5) is 4.39 Å². The Morgan fingerprint density at radius 3 is 2.60 bits per heavy atom. The van der Waals surface area contributed by atoms with E-state index in [1.165, 1.54) is 19.2 Å². The van der Waals surface area contributed by atoms with Crippen molar-refractivity contribution in [3.05, 3.63) is 24.0 Å². The molecule has 1 rings (SSSR count). The Balaban J connectivity index is 2.58. The SMILES string of the molecule is COc1ccc(S(=O)(=O)NCCCOC(C)C)cc1F. The van der Waals surface area contributed by atoms with Crippen molar-refractivity contribution >= 4 is 10.0 Å². The van der Waals surface area contributed by atoms with Crippen LogP contribution in [0.15, 0.2) is 23.1 Å². The van der Waals surface area contributed by atoms with Crippen LogP contribution in [0, 0.1) is 5.82 Å². The van der Waals surface area contributed by atoms with Gasteiger partial charge in [0.2, 0.25) is 10.0 Å². The normalized spacial score (nSPS) is 11.8. The second-order valence-electron chi connectivity index (χ2n) is 4.47. The zero-order chi connectivity index (χ0) is 15.2. The first-order chi connectivity index (χ1) is 9.36. The van der Waals surface area contributed by atoms with Crippen molar-refractivity contribution in [3.8, 4) is 5.75 Å². The molecular formula is C13H20FNO4S. The van der Waals surface area contributed by atoms with Gasteiger partial charge >= 0.3 is 0 Å². The van der Waals surface area contributed by atoms with Crippen LogP contribution < -0.4 is 9.46 Å². The summed E-state index contributed by atoms with van der Waals surface area (Å²) in [6.45, 7) is 4.52. The van der Waals surface area contributed by atoms with Crippen LogP contribution in [-0.4, -0.2) is 34.8 Å². The van der Waals surface area contributed by atoms with Gasteiger partial charge in [0.25, 0.3) is 0 Å². The number of hydrogen-bond donors (Lipinski definition) is 1. The summed E-state index contributed by atoms with van der Waals surface area (Å²) in [5.74, 6) is -0.701. The van der Waals surface area contributed by atoms with Crippen molar-refractivity contribution in [2.75, 3.05) is 20.3 Å². The van der Waals surface area contributed by atoms with Crippen LogP contribution >= 0.6 is 0 Å². The highest BCUT2D eigenvalue weighted by molar-refractivity contribution is 7.89. The number of nitrogens with one attached hydrogen (secondary N) is 1. The molecule has 0 bridgehead atoms. The predicted molar refractivity (Wildman–Crippen MR) is 73.8 cm³/mol. The van der Waals surface area contributed by atoms with Crippen LogP contribution in [-0.2, 0) is 14.8 Å². The van der Waals surface area contributed by atoms with Crippen molar-refractivity contribution in [2.45, 2.75) is 31.3 Å². The lowest BCUT2D eigenvalue weighted by Gasteiger charge is -2.09. The molecule has 20 heavy (non-hydrogen) atoms. The van der Waals surface area contributed by atoms with Gasteiger partial charge in [-0.25, -0.2) is 17.5 Å². The third-order valence-corrected chi connectivity index (χ3v) is 3.96. The Hall–Kier alpha value is -1.18. The number of methoxy groups -OCH3 is 1. The highest BCUT2D eigenvalue weighted by Crippen LogP contribution is 2.20. The Kier molecular flexibility index (Phi) is 6.38. The fourth-order valence-corrected chi connectivity index (χ4v) is 2.58. The summed E-state index contributed by atoms with van der Waals surface area (Å²) in [7, 11) is -2.39. The topological polar surface area (TPSA) is 64.6 Å². The van der Waals surface area contributed by atoms with Gasteiger partial charge in [-0.2, -0.15) is 0 Å². The van der Waals surface area contributed by atoms with E-state index in [0.29, 0.717) is 13.0 Å². The molecule has 0 aliphatic rings. The zero-order valence-corrected chi connectivity index (χ0v) is 12.7. The first-order valence-corrected chi connectivity index (χ1v) is 7.80. The lowest BCUT2D eigenvalue weighted by molar-refractivity contribution is 0.0778. The van der Waals surface area contributed by atoms with Gasteiger partial charge in [0, 0.05) is 13.2 Å². The van der Waals surface area contributed by atoms with E-state index < -0.39 is 15.8 Å². The standard InChI is InChI=1S/C13H20FNO4S/c1-10(2)19-8-4-7-15-20(16,17)11-5-6-13(18-3)12(14)9-11/h5-6,9-10,15H,4,7-8H2,1-3H3. The fourth-order valence-electron chi connectivity index (χ4n) is 1.50. The molecule has 0 unspecified atom stereocenters. The minimum Gasteiger partial charge on any atom is -0.494 e. The van der Waals surface area contributed by atoms with E-state index in [-0.39, 0.29) is 23.3 Å². The summed E-state index contributed by atoms with van der Waals surface area (Å²) < 4.78 is 49.8.